The van der Waals surface area contributed by atoms with Crippen molar-refractivity contribution >= 4 is 10.9 Å². The number of hydrogen-bond donors (Lipinski definition) is 0. The van der Waals surface area contributed by atoms with Gasteiger partial charge in [0.05, 0.1) is 13.4 Å². The van der Waals surface area contributed by atoms with E-state index in [1.54, 1.807) is 31.6 Å². The standard InChI is InChI=1S/C11H16.C10H11N.C5H8O.C4H10.4C2H6/c1-5-8-10(4)11(7-3)9-6-2;1-8-3-4-9-5-6-11(2)10(9)7-8;1-3-4-5-6-2;1-3-4-2;4*1-2/h6-7,9H,2-5,8H2,1H3;3-7H,1-2H3;3-5H,1H2,2H3;3-4H2,1-2H3;4*1-2H3/b11-9+;;5-4+;;;;;. The van der Waals surface area contributed by atoms with Crippen molar-refractivity contribution in [2.45, 2.75) is 109 Å². The van der Waals surface area contributed by atoms with Crippen LogP contribution in [0.5, 0.6) is 0 Å². The summed E-state index contributed by atoms with van der Waals surface area (Å²) in [7, 11) is 3.67. The highest BCUT2D eigenvalue weighted by molar-refractivity contribution is 5.80. The minimum Gasteiger partial charge on any atom is -0.504 e. The Labute approximate surface area is 252 Å². The zero-order valence-corrected chi connectivity index (χ0v) is 29.4. The van der Waals surface area contributed by atoms with Crippen LogP contribution >= 0.6 is 0 Å². The Morgan fingerprint density at radius 3 is 1.70 bits per heavy atom. The first-order valence-electron chi connectivity index (χ1n) is 15.3. The highest BCUT2D eigenvalue weighted by atomic mass is 16.5. The van der Waals surface area contributed by atoms with E-state index in [9.17, 15) is 0 Å². The molecular formula is C38H69NO. The van der Waals surface area contributed by atoms with E-state index >= 15 is 0 Å². The number of unbranched alkanes of at least 4 members (excludes halogenated alkanes) is 1. The van der Waals surface area contributed by atoms with E-state index in [1.807, 2.05) is 67.5 Å². The maximum absolute atomic E-state index is 4.53. The normalized spacial score (nSPS) is 8.60. The third-order valence-electron chi connectivity index (χ3n) is 4.37. The van der Waals surface area contributed by atoms with Gasteiger partial charge in [-0.1, -0.05) is 158 Å². The van der Waals surface area contributed by atoms with E-state index in [0.29, 0.717) is 0 Å². The van der Waals surface area contributed by atoms with E-state index in [1.165, 1.54) is 29.3 Å². The Kier molecular flexibility index (Phi) is 57.2. The topological polar surface area (TPSA) is 14.2 Å². The number of rotatable bonds is 8. The molecule has 1 aromatic carbocycles. The highest BCUT2D eigenvalue weighted by Gasteiger charge is 1.96. The number of fused-ring (bicyclic) bond motifs is 1. The summed E-state index contributed by atoms with van der Waals surface area (Å²) in [6.45, 7) is 39.3. The van der Waals surface area contributed by atoms with Crippen molar-refractivity contribution < 1.29 is 4.74 Å². The SMILES string of the molecule is C=C/C=C(\C=C)C(=C)CCC.C=C/C=C/OC.CC.CC.CC.CC.CCCC.Cc1ccc2ccn(C)c2c1. The van der Waals surface area contributed by atoms with Gasteiger partial charge in [0.15, 0.2) is 0 Å². The molecule has 0 saturated carbocycles. The highest BCUT2D eigenvalue weighted by Crippen LogP contribution is 2.15. The molecule has 0 unspecified atom stereocenters. The predicted molar refractivity (Wildman–Crippen MR) is 193 cm³/mol. The number of hydrogen-bond acceptors (Lipinski definition) is 1. The molecule has 0 spiro atoms. The van der Waals surface area contributed by atoms with Crippen LogP contribution < -0.4 is 0 Å². The van der Waals surface area contributed by atoms with Gasteiger partial charge >= 0.3 is 0 Å². The van der Waals surface area contributed by atoms with E-state index in [2.05, 4.69) is 101 Å². The molecule has 0 amide bonds. The maximum atomic E-state index is 4.53. The van der Waals surface area contributed by atoms with Gasteiger partial charge in [0, 0.05) is 18.8 Å². The van der Waals surface area contributed by atoms with Gasteiger partial charge in [-0.05, 0) is 53.6 Å². The summed E-state index contributed by atoms with van der Waals surface area (Å²) in [6.07, 6.45) is 17.3. The molecule has 2 rings (SSSR count). The fourth-order valence-corrected chi connectivity index (χ4v) is 2.41. The van der Waals surface area contributed by atoms with Crippen molar-refractivity contribution in [1.29, 1.82) is 0 Å². The Bertz CT molecular complexity index is 848. The fraction of sp³-hybridized carbons (Fsp3) is 0.474. The Morgan fingerprint density at radius 2 is 1.35 bits per heavy atom. The number of benzene rings is 1. The van der Waals surface area contributed by atoms with Crippen LogP contribution in [-0.4, -0.2) is 11.7 Å². The van der Waals surface area contributed by atoms with Crippen LogP contribution in [0.15, 0.2) is 105 Å². The van der Waals surface area contributed by atoms with Crippen molar-refractivity contribution in [2.75, 3.05) is 7.11 Å². The van der Waals surface area contributed by atoms with Gasteiger partial charge in [-0.15, -0.1) is 0 Å². The quantitative estimate of drug-likeness (QED) is 0.233. The number of allylic oxidation sites excluding steroid dienone is 7. The number of ether oxygens (including phenoxy) is 1. The molecule has 1 aromatic heterocycles. The Morgan fingerprint density at radius 1 is 0.825 bits per heavy atom. The lowest BCUT2D eigenvalue weighted by Crippen LogP contribution is -1.83. The smallest absolute Gasteiger partial charge is 0.0824 e. The number of methoxy groups -OCH3 is 1. The van der Waals surface area contributed by atoms with E-state index in [-0.39, 0.29) is 0 Å². The third kappa shape index (κ3) is 33.0. The summed E-state index contributed by atoms with van der Waals surface area (Å²) in [5.74, 6) is 0. The average molecular weight is 556 g/mol. The average Bonchev–Trinajstić information content (AvgIpc) is 3.39. The van der Waals surface area contributed by atoms with Crippen molar-refractivity contribution in [3.8, 4) is 0 Å². The molecule has 2 aromatic rings. The summed E-state index contributed by atoms with van der Waals surface area (Å²) < 4.78 is 6.67. The van der Waals surface area contributed by atoms with Crippen molar-refractivity contribution in [3.63, 3.8) is 0 Å². The van der Waals surface area contributed by atoms with Gasteiger partial charge < -0.3 is 9.30 Å². The Hall–Kier alpha value is -3.00. The minimum absolute atomic E-state index is 1.03. The van der Waals surface area contributed by atoms with Crippen LogP contribution in [-0.2, 0) is 11.8 Å². The second kappa shape index (κ2) is 45.9. The molecule has 0 fully saturated rings. The lowest BCUT2D eigenvalue weighted by atomic mass is 10.0. The molecule has 40 heavy (non-hydrogen) atoms. The molecule has 0 aliphatic rings. The second-order valence-corrected chi connectivity index (χ2v) is 7.20. The predicted octanol–water partition coefficient (Wildman–Crippen LogP) is 13.4. The molecule has 0 aliphatic heterocycles. The maximum Gasteiger partial charge on any atom is 0.0824 e. The van der Waals surface area contributed by atoms with Gasteiger partial charge in [0.1, 0.15) is 0 Å². The summed E-state index contributed by atoms with van der Waals surface area (Å²) in [5, 5.41) is 1.32. The molecule has 2 nitrogen and oxygen atoms in total. The molecular weight excluding hydrogens is 486 g/mol. The number of aromatic nitrogens is 1. The molecule has 232 valence electrons. The van der Waals surface area contributed by atoms with E-state index in [4.69, 9.17) is 0 Å². The molecule has 0 atom stereocenters. The van der Waals surface area contributed by atoms with E-state index < -0.39 is 0 Å². The minimum atomic E-state index is 1.03. The van der Waals surface area contributed by atoms with Crippen LogP contribution in [0.4, 0.5) is 0 Å². The lowest BCUT2D eigenvalue weighted by molar-refractivity contribution is 0.338. The number of aryl methyl sites for hydroxylation is 2. The van der Waals surface area contributed by atoms with Crippen LogP contribution in [0.2, 0.25) is 0 Å². The molecule has 0 bridgehead atoms. The second-order valence-electron chi connectivity index (χ2n) is 7.20. The largest absolute Gasteiger partial charge is 0.504 e. The van der Waals surface area contributed by atoms with Gasteiger partial charge in [0.25, 0.3) is 0 Å². The summed E-state index contributed by atoms with van der Waals surface area (Å²) >= 11 is 0. The molecule has 1 heterocycles. The summed E-state index contributed by atoms with van der Waals surface area (Å²) in [4.78, 5) is 0. The number of nitrogens with zero attached hydrogens (tertiary/aromatic N) is 1. The zero-order valence-electron chi connectivity index (χ0n) is 29.4. The Balaban J connectivity index is -0.0000000930. The molecule has 0 aliphatic carbocycles. The summed E-state index contributed by atoms with van der Waals surface area (Å²) in [6, 6.07) is 8.64. The third-order valence-corrected chi connectivity index (χ3v) is 4.37. The van der Waals surface area contributed by atoms with Gasteiger partial charge in [-0.2, -0.15) is 0 Å². The van der Waals surface area contributed by atoms with Crippen molar-refractivity contribution in [3.05, 3.63) is 110 Å². The monoisotopic (exact) mass is 556 g/mol. The lowest BCUT2D eigenvalue weighted by Gasteiger charge is -2.02. The van der Waals surface area contributed by atoms with Gasteiger partial charge in [0.2, 0.25) is 0 Å². The molecule has 2 heteroatoms. The summed E-state index contributed by atoms with van der Waals surface area (Å²) in [5.41, 5.74) is 4.87. The van der Waals surface area contributed by atoms with Crippen molar-refractivity contribution in [1.82, 2.24) is 4.57 Å². The molecule has 0 N–H and O–H groups in total. The van der Waals surface area contributed by atoms with Crippen LogP contribution in [0.1, 0.15) is 107 Å². The van der Waals surface area contributed by atoms with Crippen LogP contribution in [0, 0.1) is 6.92 Å². The molecule has 0 radical (unpaired) electrons. The van der Waals surface area contributed by atoms with Crippen LogP contribution in [0.3, 0.4) is 0 Å². The first-order valence-corrected chi connectivity index (χ1v) is 15.3. The van der Waals surface area contributed by atoms with Gasteiger partial charge in [-0.25, -0.2) is 0 Å². The van der Waals surface area contributed by atoms with Gasteiger partial charge in [-0.3, -0.25) is 0 Å². The van der Waals surface area contributed by atoms with Crippen LogP contribution in [0.25, 0.3) is 10.9 Å². The zero-order chi connectivity index (χ0) is 32.8. The fourth-order valence-electron chi connectivity index (χ4n) is 2.41. The first kappa shape index (κ1) is 49.9. The van der Waals surface area contributed by atoms with Crippen molar-refractivity contribution in [2.24, 2.45) is 7.05 Å². The first-order chi connectivity index (χ1) is 19.4. The van der Waals surface area contributed by atoms with E-state index in [0.717, 1.165) is 24.0 Å². The molecule has 0 saturated heterocycles.